The quantitative estimate of drug-likeness (QED) is 0.789. The summed E-state index contributed by atoms with van der Waals surface area (Å²) in [6.45, 7) is 5.24. The Morgan fingerprint density at radius 3 is 2.62 bits per heavy atom. The van der Waals surface area contributed by atoms with E-state index in [-0.39, 0.29) is 24.3 Å². The number of ketones is 1. The molecule has 0 saturated heterocycles. The highest BCUT2D eigenvalue weighted by Crippen LogP contribution is 2.28. The second-order valence-corrected chi connectivity index (χ2v) is 5.51. The van der Waals surface area contributed by atoms with Crippen molar-refractivity contribution in [2.24, 2.45) is 0 Å². The maximum atomic E-state index is 12.1. The summed E-state index contributed by atoms with van der Waals surface area (Å²) in [6, 6.07) is 6.69. The van der Waals surface area contributed by atoms with Gasteiger partial charge in [-0.1, -0.05) is 0 Å². The molecule has 7 nitrogen and oxygen atoms in total. The van der Waals surface area contributed by atoms with Crippen LogP contribution in [0.15, 0.2) is 30.5 Å². The van der Waals surface area contributed by atoms with Crippen LogP contribution in [0, 0.1) is 0 Å². The van der Waals surface area contributed by atoms with Crippen LogP contribution in [0.3, 0.4) is 0 Å². The molecule has 0 saturated carbocycles. The Morgan fingerprint density at radius 1 is 1.25 bits per heavy atom. The Labute approximate surface area is 140 Å². The Morgan fingerprint density at radius 2 is 2.00 bits per heavy atom. The number of aromatic nitrogens is 2. The molecule has 2 aromatic rings. The second-order valence-electron chi connectivity index (χ2n) is 5.51. The average Bonchev–Trinajstić information content (AvgIpc) is 3.00. The highest BCUT2D eigenvalue weighted by atomic mass is 16.5. The first-order valence-corrected chi connectivity index (χ1v) is 7.57. The van der Waals surface area contributed by atoms with Gasteiger partial charge >= 0.3 is 0 Å². The lowest BCUT2D eigenvalue weighted by Gasteiger charge is -2.13. The van der Waals surface area contributed by atoms with Crippen molar-refractivity contribution in [3.05, 3.63) is 36.0 Å². The number of nitrogens with zero attached hydrogens (tertiary/aromatic N) is 2. The van der Waals surface area contributed by atoms with Gasteiger partial charge in [0.2, 0.25) is 0 Å². The molecule has 0 aliphatic carbocycles. The molecule has 1 amide bonds. The van der Waals surface area contributed by atoms with Crippen molar-refractivity contribution in [3.8, 4) is 11.5 Å². The summed E-state index contributed by atoms with van der Waals surface area (Å²) in [5.74, 6) is 1.03. The van der Waals surface area contributed by atoms with Crippen molar-refractivity contribution in [3.63, 3.8) is 0 Å². The van der Waals surface area contributed by atoms with Gasteiger partial charge in [-0.2, -0.15) is 5.10 Å². The molecule has 1 aromatic carbocycles. The number of carbonyl (C=O) groups excluding carboxylic acids is 2. The molecule has 0 radical (unpaired) electrons. The molecule has 1 N–H and O–H groups in total. The largest absolute Gasteiger partial charge is 0.493 e. The van der Waals surface area contributed by atoms with E-state index in [0.29, 0.717) is 22.9 Å². The smallest absolute Gasteiger partial charge is 0.263 e. The van der Waals surface area contributed by atoms with Gasteiger partial charge in [0.15, 0.2) is 23.9 Å². The molecule has 0 atom stereocenters. The summed E-state index contributed by atoms with van der Waals surface area (Å²) in [5, 5.41) is 6.90. The first-order valence-electron chi connectivity index (χ1n) is 7.57. The standard InChI is InChI=1S/C17H21N3O4/c1-11(2)20-16(7-8-18-20)19-17(22)10-24-14-6-5-13(12(3)21)9-15(14)23-4/h5-9,11H,10H2,1-4H3,(H,19,22). The lowest BCUT2D eigenvalue weighted by molar-refractivity contribution is -0.118. The molecule has 1 aromatic heterocycles. The van der Waals surface area contributed by atoms with Gasteiger partial charge in [-0.3, -0.25) is 9.59 Å². The summed E-state index contributed by atoms with van der Waals surface area (Å²) in [5.41, 5.74) is 0.518. The predicted octanol–water partition coefficient (Wildman–Crippen LogP) is 2.69. The maximum absolute atomic E-state index is 12.1. The zero-order valence-corrected chi connectivity index (χ0v) is 14.2. The van der Waals surface area contributed by atoms with Crippen LogP contribution in [-0.4, -0.2) is 35.2 Å². The van der Waals surface area contributed by atoms with E-state index in [1.165, 1.54) is 14.0 Å². The number of carbonyl (C=O) groups is 2. The molecule has 0 fully saturated rings. The van der Waals surface area contributed by atoms with E-state index in [1.807, 2.05) is 13.8 Å². The SMILES string of the molecule is COc1cc(C(C)=O)ccc1OCC(=O)Nc1ccnn1C(C)C. The number of amides is 1. The number of anilines is 1. The van der Waals surface area contributed by atoms with Gasteiger partial charge in [-0.25, -0.2) is 4.68 Å². The Bertz CT molecular complexity index is 737. The number of ether oxygens (including phenoxy) is 2. The van der Waals surface area contributed by atoms with Crippen LogP contribution in [-0.2, 0) is 4.79 Å². The number of nitrogens with one attached hydrogen (secondary N) is 1. The highest BCUT2D eigenvalue weighted by Gasteiger charge is 2.12. The minimum absolute atomic E-state index is 0.0699. The van der Waals surface area contributed by atoms with E-state index < -0.39 is 0 Å². The first-order chi connectivity index (χ1) is 11.4. The van der Waals surface area contributed by atoms with Crippen LogP contribution >= 0.6 is 0 Å². The summed E-state index contributed by atoms with van der Waals surface area (Å²) in [4.78, 5) is 23.4. The number of rotatable bonds is 7. The summed E-state index contributed by atoms with van der Waals surface area (Å²) >= 11 is 0. The van der Waals surface area contributed by atoms with Crippen LogP contribution in [0.2, 0.25) is 0 Å². The van der Waals surface area contributed by atoms with E-state index in [1.54, 1.807) is 35.1 Å². The van der Waals surface area contributed by atoms with E-state index in [4.69, 9.17) is 9.47 Å². The van der Waals surface area contributed by atoms with Gasteiger partial charge in [0.1, 0.15) is 5.82 Å². The number of hydrogen-bond acceptors (Lipinski definition) is 5. The first kappa shape index (κ1) is 17.5. The van der Waals surface area contributed by atoms with Gasteiger partial charge in [0.25, 0.3) is 5.91 Å². The van der Waals surface area contributed by atoms with Crippen molar-refractivity contribution in [1.29, 1.82) is 0 Å². The fraction of sp³-hybridized carbons (Fsp3) is 0.353. The van der Waals surface area contributed by atoms with Crippen LogP contribution in [0.4, 0.5) is 5.82 Å². The summed E-state index contributed by atoms with van der Waals surface area (Å²) in [7, 11) is 1.48. The Balaban J connectivity index is 2.01. The summed E-state index contributed by atoms with van der Waals surface area (Å²) in [6.07, 6.45) is 1.62. The van der Waals surface area contributed by atoms with Crippen LogP contribution in [0.5, 0.6) is 11.5 Å². The lowest BCUT2D eigenvalue weighted by atomic mass is 10.1. The van der Waals surface area contributed by atoms with Gasteiger partial charge in [-0.05, 0) is 39.0 Å². The predicted molar refractivity (Wildman–Crippen MR) is 89.7 cm³/mol. The van der Waals surface area contributed by atoms with Crippen LogP contribution in [0.25, 0.3) is 0 Å². The van der Waals surface area contributed by atoms with E-state index >= 15 is 0 Å². The molecule has 0 unspecified atom stereocenters. The maximum Gasteiger partial charge on any atom is 0.263 e. The number of methoxy groups -OCH3 is 1. The summed E-state index contributed by atoms with van der Waals surface area (Å²) < 4.78 is 12.4. The van der Waals surface area contributed by atoms with Gasteiger partial charge in [0.05, 0.1) is 13.3 Å². The Hall–Kier alpha value is -2.83. The molecular formula is C17H21N3O4. The normalized spacial score (nSPS) is 10.5. The minimum atomic E-state index is -0.310. The lowest BCUT2D eigenvalue weighted by Crippen LogP contribution is -2.22. The molecule has 2 rings (SSSR count). The molecule has 0 aliphatic heterocycles. The van der Waals surface area contributed by atoms with Crippen molar-refractivity contribution in [2.75, 3.05) is 19.0 Å². The monoisotopic (exact) mass is 331 g/mol. The third-order valence-corrected chi connectivity index (χ3v) is 3.36. The minimum Gasteiger partial charge on any atom is -0.493 e. The fourth-order valence-electron chi connectivity index (χ4n) is 2.15. The van der Waals surface area contributed by atoms with Gasteiger partial charge in [-0.15, -0.1) is 0 Å². The molecule has 0 aliphatic rings. The zero-order chi connectivity index (χ0) is 17.7. The molecular weight excluding hydrogens is 310 g/mol. The fourth-order valence-corrected chi connectivity index (χ4v) is 2.15. The average molecular weight is 331 g/mol. The van der Waals surface area contributed by atoms with E-state index in [2.05, 4.69) is 10.4 Å². The third kappa shape index (κ3) is 4.13. The zero-order valence-electron chi connectivity index (χ0n) is 14.2. The second kappa shape index (κ2) is 7.63. The van der Waals surface area contributed by atoms with Crippen LogP contribution in [0.1, 0.15) is 37.2 Å². The van der Waals surface area contributed by atoms with Crippen molar-refractivity contribution in [1.82, 2.24) is 9.78 Å². The molecule has 0 spiro atoms. The van der Waals surface area contributed by atoms with Gasteiger partial charge in [0, 0.05) is 17.7 Å². The van der Waals surface area contributed by atoms with Crippen LogP contribution < -0.4 is 14.8 Å². The molecule has 128 valence electrons. The molecule has 7 heteroatoms. The third-order valence-electron chi connectivity index (χ3n) is 3.36. The molecule has 0 bridgehead atoms. The topological polar surface area (TPSA) is 82.4 Å². The van der Waals surface area contributed by atoms with Crippen molar-refractivity contribution in [2.45, 2.75) is 26.8 Å². The molecule has 1 heterocycles. The number of Topliss-reactive ketones (excluding diaryl/α,β-unsaturated/α-hetero) is 1. The highest BCUT2D eigenvalue weighted by molar-refractivity contribution is 5.94. The van der Waals surface area contributed by atoms with Gasteiger partial charge < -0.3 is 14.8 Å². The number of benzene rings is 1. The molecule has 24 heavy (non-hydrogen) atoms. The van der Waals surface area contributed by atoms with Crippen molar-refractivity contribution >= 4 is 17.5 Å². The van der Waals surface area contributed by atoms with E-state index in [0.717, 1.165) is 0 Å². The number of hydrogen-bond donors (Lipinski definition) is 1. The van der Waals surface area contributed by atoms with Crippen molar-refractivity contribution < 1.29 is 19.1 Å². The van der Waals surface area contributed by atoms with E-state index in [9.17, 15) is 9.59 Å². The Kier molecular flexibility index (Phi) is 5.57.